The molecule has 0 aliphatic heterocycles. The van der Waals surface area contributed by atoms with Gasteiger partial charge in [-0.25, -0.2) is 23.2 Å². The Balaban J connectivity index is 1.49. The predicted octanol–water partition coefficient (Wildman–Crippen LogP) is 3.43. The van der Waals surface area contributed by atoms with Gasteiger partial charge in [0.25, 0.3) is 0 Å². The quantitative estimate of drug-likeness (QED) is 0.106. The molecule has 40 heavy (non-hydrogen) atoms. The van der Waals surface area contributed by atoms with Gasteiger partial charge in [0.1, 0.15) is 17.3 Å². The summed E-state index contributed by atoms with van der Waals surface area (Å²) in [5, 5.41) is 55.2. The fourth-order valence-corrected chi connectivity index (χ4v) is 3.52. The van der Waals surface area contributed by atoms with E-state index in [2.05, 4.69) is 10.2 Å². The first kappa shape index (κ1) is 27.4. The van der Waals surface area contributed by atoms with Crippen molar-refractivity contribution >= 4 is 17.9 Å². The number of carboxylic acid groups (broad SMARTS) is 1. The Morgan fingerprint density at radius 2 is 1.27 bits per heavy atom. The van der Waals surface area contributed by atoms with Crippen LogP contribution in [0.1, 0.15) is 42.5 Å². The minimum atomic E-state index is -1.49. The number of hydrogen-bond donors (Lipinski definition) is 6. The van der Waals surface area contributed by atoms with E-state index in [-0.39, 0.29) is 18.5 Å². The number of carbonyl (C=O) groups is 3. The lowest BCUT2D eigenvalue weighted by Gasteiger charge is -2.11. The van der Waals surface area contributed by atoms with Crippen LogP contribution in [0.15, 0.2) is 48.5 Å². The van der Waals surface area contributed by atoms with Gasteiger partial charge in [-0.15, -0.1) is 0 Å². The summed E-state index contributed by atoms with van der Waals surface area (Å²) in [6.07, 6.45) is 0.404. The molecule has 4 aromatic rings. The summed E-state index contributed by atoms with van der Waals surface area (Å²) in [6, 6.07) is 7.39. The minimum Gasteiger partial charge on any atom is -0.504 e. The molecule has 6 N–H and O–H groups in total. The average Bonchev–Trinajstić information content (AvgIpc) is 3.36. The van der Waals surface area contributed by atoms with Crippen LogP contribution in [0.5, 0.6) is 34.5 Å². The van der Waals surface area contributed by atoms with Crippen LogP contribution in [-0.2, 0) is 12.8 Å². The van der Waals surface area contributed by atoms with Crippen molar-refractivity contribution in [2.45, 2.75) is 12.8 Å². The number of nitrogens with zero attached hydrogens (tertiary/aromatic N) is 1. The summed E-state index contributed by atoms with van der Waals surface area (Å²) >= 11 is 0. The van der Waals surface area contributed by atoms with Crippen molar-refractivity contribution < 1.29 is 58.2 Å². The predicted molar refractivity (Wildman–Crippen MR) is 129 cm³/mol. The second kappa shape index (κ2) is 11.0. The maximum Gasteiger partial charge on any atom is 0.361 e. The van der Waals surface area contributed by atoms with Gasteiger partial charge in [-0.3, -0.25) is 5.10 Å². The Kier molecular flexibility index (Phi) is 7.52. The number of aryl methyl sites for hydroxylation is 2. The maximum atomic E-state index is 13.4. The lowest BCUT2D eigenvalue weighted by Crippen LogP contribution is -2.12. The summed E-state index contributed by atoms with van der Waals surface area (Å²) in [5.74, 6) is -10.4. The normalized spacial score (nSPS) is 10.8. The molecule has 0 unspecified atom stereocenters. The second-order valence-electron chi connectivity index (χ2n) is 8.32. The van der Waals surface area contributed by atoms with Crippen molar-refractivity contribution in [2.75, 3.05) is 0 Å². The Morgan fingerprint density at radius 1 is 0.725 bits per heavy atom. The molecule has 0 fully saturated rings. The number of phenols is 4. The number of aromatic nitrogens is 2. The number of aromatic hydroxyl groups is 4. The fraction of sp³-hybridized carbons (Fsp3) is 0.0769. The number of H-pyrrole nitrogens is 1. The number of nitrogens with one attached hydrogen (secondary N) is 1. The molecule has 3 aromatic carbocycles. The summed E-state index contributed by atoms with van der Waals surface area (Å²) in [4.78, 5) is 36.4. The molecular formula is C26H18F2N2O10. The largest absolute Gasteiger partial charge is 0.504 e. The molecule has 0 amide bonds. The van der Waals surface area contributed by atoms with Crippen molar-refractivity contribution in [1.29, 1.82) is 0 Å². The minimum absolute atomic E-state index is 0.196. The molecule has 0 aliphatic rings. The standard InChI is InChI=1S/C26H18F2N2O10/c27-14-3-11(4-15(28)9-14)1-2-16-10-17(30-29-16)26(38)40-21-8-13(6-19(32)23(21)34)25(37)39-20-7-12(24(35)36)5-18(31)22(20)33/h3-10,31-34H,1-2H2,(H,29,30)(H,35,36). The number of ether oxygens (including phenoxy) is 2. The lowest BCUT2D eigenvalue weighted by molar-refractivity contribution is 0.0685. The number of carboxylic acids is 1. The Bertz CT molecular complexity index is 1630. The van der Waals surface area contributed by atoms with Crippen LogP contribution in [0, 0.1) is 11.6 Å². The number of hydrogen-bond acceptors (Lipinski definition) is 10. The zero-order chi connectivity index (χ0) is 29.1. The first-order chi connectivity index (χ1) is 18.9. The van der Waals surface area contributed by atoms with E-state index in [1.165, 1.54) is 6.07 Å². The van der Waals surface area contributed by atoms with Crippen LogP contribution in [0.3, 0.4) is 0 Å². The number of phenolic OH excluding ortho intramolecular Hbond substituents is 4. The molecule has 0 saturated carbocycles. The fourth-order valence-electron chi connectivity index (χ4n) is 3.52. The molecule has 0 spiro atoms. The van der Waals surface area contributed by atoms with Gasteiger partial charge in [-0.1, -0.05) is 0 Å². The molecule has 1 heterocycles. The number of aromatic carboxylic acids is 1. The lowest BCUT2D eigenvalue weighted by atomic mass is 10.1. The highest BCUT2D eigenvalue weighted by Crippen LogP contribution is 2.39. The first-order valence-electron chi connectivity index (χ1n) is 11.2. The third-order valence-electron chi connectivity index (χ3n) is 5.44. The smallest absolute Gasteiger partial charge is 0.361 e. The van der Waals surface area contributed by atoms with E-state index in [1.807, 2.05) is 0 Å². The molecule has 0 saturated heterocycles. The van der Waals surface area contributed by atoms with Gasteiger partial charge in [0, 0.05) is 6.07 Å². The van der Waals surface area contributed by atoms with Gasteiger partial charge in [0.15, 0.2) is 23.0 Å². The van der Waals surface area contributed by atoms with Crippen molar-refractivity contribution in [3.05, 3.63) is 88.2 Å². The third kappa shape index (κ3) is 6.07. The zero-order valence-corrected chi connectivity index (χ0v) is 20.0. The second-order valence-corrected chi connectivity index (χ2v) is 8.32. The van der Waals surface area contributed by atoms with Crippen molar-refractivity contribution in [2.24, 2.45) is 0 Å². The van der Waals surface area contributed by atoms with Crippen LogP contribution in [0.2, 0.25) is 0 Å². The number of benzene rings is 3. The van der Waals surface area contributed by atoms with Gasteiger partial charge in [-0.2, -0.15) is 5.10 Å². The summed E-state index contributed by atoms with van der Waals surface area (Å²) in [6.45, 7) is 0. The van der Waals surface area contributed by atoms with Crippen LogP contribution < -0.4 is 9.47 Å². The molecule has 0 aliphatic carbocycles. The Labute approximate surface area is 222 Å². The van der Waals surface area contributed by atoms with Gasteiger partial charge < -0.3 is 35.0 Å². The molecule has 0 bridgehead atoms. The summed E-state index contributed by atoms with van der Waals surface area (Å²) in [7, 11) is 0. The van der Waals surface area contributed by atoms with Gasteiger partial charge in [0.05, 0.1) is 16.8 Å². The third-order valence-corrected chi connectivity index (χ3v) is 5.44. The van der Waals surface area contributed by atoms with Crippen LogP contribution in [-0.4, -0.2) is 53.6 Å². The van der Waals surface area contributed by atoms with Gasteiger partial charge in [-0.05, 0) is 60.9 Å². The van der Waals surface area contributed by atoms with Gasteiger partial charge >= 0.3 is 17.9 Å². The summed E-state index contributed by atoms with van der Waals surface area (Å²) < 4.78 is 36.7. The molecule has 4 rings (SSSR count). The number of carbonyl (C=O) groups excluding carboxylic acids is 2. The van der Waals surface area contributed by atoms with Crippen molar-refractivity contribution in [3.8, 4) is 34.5 Å². The molecule has 0 radical (unpaired) electrons. The summed E-state index contributed by atoms with van der Waals surface area (Å²) in [5.41, 5.74) is -0.494. The molecule has 14 heteroatoms. The number of rotatable bonds is 8. The highest BCUT2D eigenvalue weighted by atomic mass is 19.1. The molecule has 206 valence electrons. The van der Waals surface area contributed by atoms with E-state index in [1.54, 1.807) is 0 Å². The number of halogens is 2. The van der Waals surface area contributed by atoms with E-state index in [0.717, 1.165) is 42.5 Å². The van der Waals surface area contributed by atoms with E-state index in [4.69, 9.17) is 14.6 Å². The Morgan fingerprint density at radius 3 is 1.88 bits per heavy atom. The monoisotopic (exact) mass is 556 g/mol. The highest BCUT2D eigenvalue weighted by molar-refractivity contribution is 5.95. The SMILES string of the molecule is O=C(O)c1cc(O)c(O)c(OC(=O)c2cc(O)c(O)c(OC(=O)c3cc(CCc4cc(F)cc(F)c4)n[nH]3)c2)c1. The first-order valence-corrected chi connectivity index (χ1v) is 11.2. The van der Waals surface area contributed by atoms with E-state index in [0.29, 0.717) is 11.3 Å². The van der Waals surface area contributed by atoms with E-state index in [9.17, 15) is 43.6 Å². The molecule has 0 atom stereocenters. The Hall–Kier alpha value is -5.66. The zero-order valence-electron chi connectivity index (χ0n) is 20.0. The molecular weight excluding hydrogens is 538 g/mol. The van der Waals surface area contributed by atoms with Crippen molar-refractivity contribution in [3.63, 3.8) is 0 Å². The number of aromatic amines is 1. The van der Waals surface area contributed by atoms with Gasteiger partial charge in [0.2, 0.25) is 11.5 Å². The molecule has 12 nitrogen and oxygen atoms in total. The molecule has 1 aromatic heterocycles. The van der Waals surface area contributed by atoms with Crippen LogP contribution >= 0.6 is 0 Å². The van der Waals surface area contributed by atoms with E-state index >= 15 is 0 Å². The maximum absolute atomic E-state index is 13.4. The van der Waals surface area contributed by atoms with E-state index < -0.39 is 75.2 Å². The van der Waals surface area contributed by atoms with Crippen LogP contribution in [0.4, 0.5) is 8.78 Å². The average molecular weight is 556 g/mol. The topological polar surface area (TPSA) is 199 Å². The van der Waals surface area contributed by atoms with Crippen molar-refractivity contribution in [1.82, 2.24) is 10.2 Å². The number of esters is 2. The van der Waals surface area contributed by atoms with Crippen LogP contribution in [0.25, 0.3) is 0 Å². The highest BCUT2D eigenvalue weighted by Gasteiger charge is 2.23.